The molecule has 0 fully saturated rings. The predicted octanol–water partition coefficient (Wildman–Crippen LogP) is 3.19. The van der Waals surface area contributed by atoms with Crippen molar-refractivity contribution < 1.29 is 18.0 Å². The summed E-state index contributed by atoms with van der Waals surface area (Å²) in [5, 5.41) is -1.61. The third-order valence-corrected chi connectivity index (χ3v) is 1.81. The number of carbonyl (C=O) groups is 1. The van der Waals surface area contributed by atoms with Crippen LogP contribution in [0.2, 0.25) is 5.15 Å². The average Bonchev–Trinajstić information content (AvgIpc) is 2.01. The maximum Gasteiger partial charge on any atom is 0.269 e. The number of hydrogen-bond donors (Lipinski definition) is 0. The lowest BCUT2D eigenvalue weighted by atomic mass is 10.1. The van der Waals surface area contributed by atoms with Gasteiger partial charge in [-0.1, -0.05) is 11.6 Å². The molecule has 0 atom stereocenters. The van der Waals surface area contributed by atoms with Gasteiger partial charge in [-0.2, -0.15) is 4.39 Å². The molecule has 0 saturated heterocycles. The molecule has 0 amide bonds. The fourth-order valence-electron chi connectivity index (χ4n) is 0.864. The summed E-state index contributed by atoms with van der Waals surface area (Å²) in [6, 6.07) is 0.793. The lowest BCUT2D eigenvalue weighted by molar-refractivity contribution is 0.106. The molecule has 76 valence electrons. The standard InChI is InChI=1S/C7H2Cl2F3NO/c8-3-1-2(5(9)14)4(6(10)11)7(12)13-3/h1,6H. The first kappa shape index (κ1) is 11.3. The molecule has 0 saturated carbocycles. The second kappa shape index (κ2) is 4.14. The Morgan fingerprint density at radius 2 is 2.07 bits per heavy atom. The number of aromatic nitrogens is 1. The van der Waals surface area contributed by atoms with Crippen LogP contribution in [0.5, 0.6) is 0 Å². The van der Waals surface area contributed by atoms with Gasteiger partial charge in [-0.15, -0.1) is 0 Å². The molecule has 0 aromatic carbocycles. The highest BCUT2D eigenvalue weighted by molar-refractivity contribution is 6.68. The molecule has 7 heteroatoms. The molecule has 2 nitrogen and oxygen atoms in total. The van der Waals surface area contributed by atoms with Crippen molar-refractivity contribution in [2.24, 2.45) is 0 Å². The van der Waals surface area contributed by atoms with Crippen LogP contribution in [0.1, 0.15) is 22.3 Å². The molecule has 0 aliphatic carbocycles. The molecule has 0 unspecified atom stereocenters. The Balaban J connectivity index is 3.44. The highest BCUT2D eigenvalue weighted by atomic mass is 35.5. The van der Waals surface area contributed by atoms with E-state index in [4.69, 9.17) is 23.2 Å². The first-order valence-electron chi connectivity index (χ1n) is 3.27. The van der Waals surface area contributed by atoms with Crippen LogP contribution in [0, 0.1) is 5.95 Å². The van der Waals surface area contributed by atoms with Crippen LogP contribution >= 0.6 is 23.2 Å². The first-order valence-corrected chi connectivity index (χ1v) is 4.03. The zero-order valence-corrected chi connectivity index (χ0v) is 7.91. The Hall–Kier alpha value is -0.810. The topological polar surface area (TPSA) is 30.0 Å². The van der Waals surface area contributed by atoms with Crippen molar-refractivity contribution in [1.82, 2.24) is 4.98 Å². The van der Waals surface area contributed by atoms with Gasteiger partial charge in [0.05, 0.1) is 11.1 Å². The molecule has 0 aliphatic heterocycles. The fourth-order valence-corrected chi connectivity index (χ4v) is 1.20. The Labute approximate surface area is 86.6 Å². The number of carbonyl (C=O) groups excluding carboxylic acids is 1. The minimum atomic E-state index is -3.17. The highest BCUT2D eigenvalue weighted by Gasteiger charge is 2.23. The van der Waals surface area contributed by atoms with E-state index in [0.29, 0.717) is 0 Å². The lowest BCUT2D eigenvalue weighted by Crippen LogP contribution is -2.04. The van der Waals surface area contributed by atoms with Gasteiger partial charge in [-0.25, -0.2) is 13.8 Å². The molecule has 0 spiro atoms. The predicted molar refractivity (Wildman–Crippen MR) is 44.3 cm³/mol. The molecular weight excluding hydrogens is 242 g/mol. The maximum atomic E-state index is 12.8. The van der Waals surface area contributed by atoms with Crippen molar-refractivity contribution in [1.29, 1.82) is 0 Å². The van der Waals surface area contributed by atoms with Crippen LogP contribution in [-0.4, -0.2) is 10.2 Å². The minimum Gasteiger partial charge on any atom is -0.276 e. The molecule has 0 N–H and O–H groups in total. The van der Waals surface area contributed by atoms with Gasteiger partial charge >= 0.3 is 0 Å². The van der Waals surface area contributed by atoms with E-state index >= 15 is 0 Å². The number of hydrogen-bond acceptors (Lipinski definition) is 2. The minimum absolute atomic E-state index is 0.407. The van der Waals surface area contributed by atoms with Gasteiger partial charge in [0.25, 0.3) is 11.7 Å². The SMILES string of the molecule is O=C(Cl)c1cc(Cl)nc(F)c1C(F)F. The molecule has 0 radical (unpaired) electrons. The summed E-state index contributed by atoms with van der Waals surface area (Å²) >= 11 is 10.2. The van der Waals surface area contributed by atoms with Crippen molar-refractivity contribution in [3.63, 3.8) is 0 Å². The van der Waals surface area contributed by atoms with E-state index in [9.17, 15) is 18.0 Å². The van der Waals surface area contributed by atoms with Crippen LogP contribution in [-0.2, 0) is 0 Å². The molecule has 1 aromatic rings. The summed E-state index contributed by atoms with van der Waals surface area (Å²) in [6.07, 6.45) is -3.17. The van der Waals surface area contributed by atoms with E-state index in [1.54, 1.807) is 0 Å². The summed E-state index contributed by atoms with van der Waals surface area (Å²) < 4.78 is 37.3. The number of alkyl halides is 2. The molecule has 0 aliphatic rings. The number of pyridine rings is 1. The van der Waals surface area contributed by atoms with Crippen LogP contribution in [0.4, 0.5) is 13.2 Å². The van der Waals surface area contributed by atoms with Gasteiger partial charge in [-0.05, 0) is 17.7 Å². The Morgan fingerprint density at radius 3 is 2.50 bits per heavy atom. The summed E-state index contributed by atoms with van der Waals surface area (Å²) in [7, 11) is 0. The monoisotopic (exact) mass is 243 g/mol. The van der Waals surface area contributed by atoms with Gasteiger partial charge in [-0.3, -0.25) is 4.79 Å². The molecular formula is C7H2Cl2F3NO. The van der Waals surface area contributed by atoms with Crippen LogP contribution in [0.25, 0.3) is 0 Å². The van der Waals surface area contributed by atoms with E-state index in [0.717, 1.165) is 6.07 Å². The zero-order valence-electron chi connectivity index (χ0n) is 6.40. The van der Waals surface area contributed by atoms with Crippen LogP contribution in [0.15, 0.2) is 6.07 Å². The molecule has 0 bridgehead atoms. The van der Waals surface area contributed by atoms with Gasteiger partial charge < -0.3 is 0 Å². The first-order chi connectivity index (χ1) is 6.43. The number of nitrogens with zero attached hydrogens (tertiary/aromatic N) is 1. The second-order valence-electron chi connectivity index (χ2n) is 2.27. The van der Waals surface area contributed by atoms with Crippen molar-refractivity contribution in [2.75, 3.05) is 0 Å². The van der Waals surface area contributed by atoms with Crippen molar-refractivity contribution in [2.45, 2.75) is 6.43 Å². The largest absolute Gasteiger partial charge is 0.276 e. The molecule has 1 aromatic heterocycles. The van der Waals surface area contributed by atoms with Gasteiger partial charge in [0, 0.05) is 0 Å². The van der Waals surface area contributed by atoms with Gasteiger partial charge in [0.2, 0.25) is 5.95 Å². The van der Waals surface area contributed by atoms with E-state index in [2.05, 4.69) is 4.98 Å². The van der Waals surface area contributed by atoms with E-state index in [1.807, 2.05) is 0 Å². The molecule has 1 heterocycles. The van der Waals surface area contributed by atoms with Crippen LogP contribution < -0.4 is 0 Å². The zero-order chi connectivity index (χ0) is 10.9. The summed E-state index contributed by atoms with van der Waals surface area (Å²) in [4.78, 5) is 13.6. The third-order valence-electron chi connectivity index (χ3n) is 1.41. The third kappa shape index (κ3) is 2.16. The maximum absolute atomic E-state index is 12.8. The lowest BCUT2D eigenvalue weighted by Gasteiger charge is -2.05. The van der Waals surface area contributed by atoms with Crippen molar-refractivity contribution >= 4 is 28.4 Å². The molecule has 14 heavy (non-hydrogen) atoms. The summed E-state index contributed by atoms with van der Waals surface area (Å²) in [5.41, 5.74) is -1.80. The number of rotatable bonds is 2. The van der Waals surface area contributed by atoms with Crippen molar-refractivity contribution in [3.8, 4) is 0 Å². The summed E-state index contributed by atoms with van der Waals surface area (Å²) in [6.45, 7) is 0. The van der Waals surface area contributed by atoms with E-state index < -0.39 is 33.9 Å². The van der Waals surface area contributed by atoms with Gasteiger partial charge in [0.15, 0.2) is 0 Å². The number of halogens is 5. The van der Waals surface area contributed by atoms with Crippen molar-refractivity contribution in [3.05, 3.63) is 28.3 Å². The Bertz CT molecular complexity index is 383. The Morgan fingerprint density at radius 1 is 1.50 bits per heavy atom. The van der Waals surface area contributed by atoms with E-state index in [-0.39, 0.29) is 0 Å². The normalized spacial score (nSPS) is 10.7. The second-order valence-corrected chi connectivity index (χ2v) is 3.00. The Kier molecular flexibility index (Phi) is 3.34. The molecule has 1 rings (SSSR count). The summed E-state index contributed by atoms with van der Waals surface area (Å²) in [5.74, 6) is -1.49. The van der Waals surface area contributed by atoms with Gasteiger partial charge in [0.1, 0.15) is 5.15 Å². The average molecular weight is 244 g/mol. The quantitative estimate of drug-likeness (QED) is 0.590. The fraction of sp³-hybridized carbons (Fsp3) is 0.143. The smallest absolute Gasteiger partial charge is 0.269 e. The highest BCUT2D eigenvalue weighted by Crippen LogP contribution is 2.27. The van der Waals surface area contributed by atoms with E-state index in [1.165, 1.54) is 0 Å². The van der Waals surface area contributed by atoms with Crippen LogP contribution in [0.3, 0.4) is 0 Å².